The lowest BCUT2D eigenvalue weighted by Gasteiger charge is -2.12. The molecule has 224 valence electrons. The first kappa shape index (κ1) is 26.5. The highest BCUT2D eigenvalue weighted by molar-refractivity contribution is 6.14. The molecule has 6 nitrogen and oxygen atoms in total. The van der Waals surface area contributed by atoms with Crippen molar-refractivity contribution in [1.82, 2.24) is 19.9 Å². The zero-order valence-electron chi connectivity index (χ0n) is 25.5. The Bertz CT molecular complexity index is 2850. The third kappa shape index (κ3) is 4.20. The van der Waals surface area contributed by atoms with Crippen LogP contribution in [0.5, 0.6) is 0 Å². The van der Waals surface area contributed by atoms with Gasteiger partial charge in [-0.05, 0) is 58.3 Å². The lowest BCUT2D eigenvalue weighted by atomic mass is 9.98. The van der Waals surface area contributed by atoms with Crippen LogP contribution in [0.3, 0.4) is 0 Å². The number of benzene rings is 6. The van der Waals surface area contributed by atoms with Crippen molar-refractivity contribution in [1.29, 1.82) is 0 Å². The SMILES string of the molecule is c1ccc(-c2cc(-c3nc(-c4ccc5ccccc5c4)nc(-c4cccc5oc6ccccc6c45)n3)c3c(c2)oc2cnccc23)cc1. The van der Waals surface area contributed by atoms with Gasteiger partial charge in [0.1, 0.15) is 16.7 Å². The van der Waals surface area contributed by atoms with Crippen LogP contribution in [0.4, 0.5) is 0 Å². The Morgan fingerprint density at radius 1 is 0.396 bits per heavy atom. The van der Waals surface area contributed by atoms with E-state index in [0.717, 1.165) is 76.9 Å². The van der Waals surface area contributed by atoms with E-state index in [1.165, 1.54) is 0 Å². The highest BCUT2D eigenvalue weighted by Gasteiger charge is 2.21. The number of pyridine rings is 1. The molecular weight excluding hydrogens is 592 g/mol. The number of furan rings is 2. The second kappa shape index (κ2) is 10.4. The Morgan fingerprint density at radius 2 is 1.10 bits per heavy atom. The maximum atomic E-state index is 6.40. The number of para-hydroxylation sites is 1. The number of aromatic nitrogens is 4. The van der Waals surface area contributed by atoms with Crippen molar-refractivity contribution in [2.75, 3.05) is 0 Å². The van der Waals surface area contributed by atoms with Gasteiger partial charge >= 0.3 is 0 Å². The molecule has 0 atom stereocenters. The molecule has 6 heteroatoms. The summed E-state index contributed by atoms with van der Waals surface area (Å²) in [6.45, 7) is 0. The first-order valence-corrected chi connectivity index (χ1v) is 15.8. The van der Waals surface area contributed by atoms with Crippen molar-refractivity contribution in [3.63, 3.8) is 0 Å². The Hall–Kier alpha value is -6.66. The summed E-state index contributed by atoms with van der Waals surface area (Å²) in [5, 5.41) is 6.13. The molecule has 0 fully saturated rings. The van der Waals surface area contributed by atoms with Gasteiger partial charge in [-0.1, -0.05) is 97.1 Å². The number of rotatable bonds is 4. The Balaban J connectivity index is 1.30. The minimum atomic E-state index is 0.551. The van der Waals surface area contributed by atoms with E-state index in [0.29, 0.717) is 23.1 Å². The van der Waals surface area contributed by atoms with Gasteiger partial charge in [-0.15, -0.1) is 0 Å². The average molecular weight is 617 g/mol. The minimum Gasteiger partial charge on any atom is -0.456 e. The van der Waals surface area contributed by atoms with Gasteiger partial charge in [-0.2, -0.15) is 0 Å². The number of hydrogen-bond donors (Lipinski definition) is 0. The monoisotopic (exact) mass is 616 g/mol. The summed E-state index contributed by atoms with van der Waals surface area (Å²) in [7, 11) is 0. The second-order valence-electron chi connectivity index (χ2n) is 11.9. The average Bonchev–Trinajstić information content (AvgIpc) is 3.73. The van der Waals surface area contributed by atoms with Crippen molar-refractivity contribution in [2.24, 2.45) is 0 Å². The molecule has 0 amide bonds. The molecule has 0 radical (unpaired) electrons. The van der Waals surface area contributed by atoms with E-state index in [9.17, 15) is 0 Å². The van der Waals surface area contributed by atoms with Gasteiger partial charge in [0.2, 0.25) is 0 Å². The molecule has 4 heterocycles. The molecule has 0 aliphatic carbocycles. The normalized spacial score (nSPS) is 11.8. The highest BCUT2D eigenvalue weighted by atomic mass is 16.3. The van der Waals surface area contributed by atoms with Gasteiger partial charge in [0.25, 0.3) is 0 Å². The van der Waals surface area contributed by atoms with Crippen LogP contribution in [-0.4, -0.2) is 19.9 Å². The zero-order valence-corrected chi connectivity index (χ0v) is 25.5. The molecule has 6 aromatic carbocycles. The Morgan fingerprint density at radius 3 is 2.02 bits per heavy atom. The maximum absolute atomic E-state index is 6.40. The summed E-state index contributed by atoms with van der Waals surface area (Å²) in [4.78, 5) is 19.9. The van der Waals surface area contributed by atoms with Crippen LogP contribution in [0.2, 0.25) is 0 Å². The molecule has 0 saturated carbocycles. The highest BCUT2D eigenvalue weighted by Crippen LogP contribution is 2.41. The van der Waals surface area contributed by atoms with E-state index < -0.39 is 0 Å². The fourth-order valence-corrected chi connectivity index (χ4v) is 6.77. The van der Waals surface area contributed by atoms with Crippen LogP contribution in [0.25, 0.3) is 99.9 Å². The van der Waals surface area contributed by atoms with Crippen molar-refractivity contribution < 1.29 is 8.83 Å². The molecular formula is C42H24N4O2. The summed E-state index contributed by atoms with van der Waals surface area (Å²) in [5.41, 5.74) is 7.75. The zero-order chi connectivity index (χ0) is 31.6. The minimum absolute atomic E-state index is 0.551. The summed E-state index contributed by atoms with van der Waals surface area (Å²) in [5.74, 6) is 1.70. The largest absolute Gasteiger partial charge is 0.456 e. The number of fused-ring (bicyclic) bond motifs is 7. The molecule has 10 rings (SSSR count). The quantitative estimate of drug-likeness (QED) is 0.196. The molecule has 0 aliphatic heterocycles. The van der Waals surface area contributed by atoms with E-state index in [-0.39, 0.29) is 0 Å². The third-order valence-electron chi connectivity index (χ3n) is 9.01. The summed E-state index contributed by atoms with van der Waals surface area (Å²) >= 11 is 0. The van der Waals surface area contributed by atoms with Crippen LogP contribution >= 0.6 is 0 Å². The van der Waals surface area contributed by atoms with E-state index in [1.807, 2.05) is 66.7 Å². The number of hydrogen-bond acceptors (Lipinski definition) is 6. The molecule has 0 bridgehead atoms. The van der Waals surface area contributed by atoms with Crippen LogP contribution < -0.4 is 0 Å². The molecule has 0 unspecified atom stereocenters. The predicted molar refractivity (Wildman–Crippen MR) is 191 cm³/mol. The van der Waals surface area contributed by atoms with Gasteiger partial charge < -0.3 is 8.83 Å². The van der Waals surface area contributed by atoms with Crippen molar-refractivity contribution >= 4 is 54.6 Å². The summed E-state index contributed by atoms with van der Waals surface area (Å²) < 4.78 is 12.7. The summed E-state index contributed by atoms with van der Waals surface area (Å²) in [6, 6.07) is 45.3. The lowest BCUT2D eigenvalue weighted by Crippen LogP contribution is -2.01. The molecule has 4 aromatic heterocycles. The van der Waals surface area contributed by atoms with Crippen molar-refractivity contribution in [3.05, 3.63) is 146 Å². The first-order valence-electron chi connectivity index (χ1n) is 15.8. The van der Waals surface area contributed by atoms with Gasteiger partial charge in [0.05, 0.1) is 6.20 Å². The second-order valence-corrected chi connectivity index (χ2v) is 11.9. The van der Waals surface area contributed by atoms with E-state index >= 15 is 0 Å². The topological polar surface area (TPSA) is 77.8 Å². The maximum Gasteiger partial charge on any atom is 0.164 e. The van der Waals surface area contributed by atoms with E-state index in [2.05, 4.69) is 71.7 Å². The predicted octanol–water partition coefficient (Wildman–Crippen LogP) is 10.9. The molecule has 0 N–H and O–H groups in total. The molecule has 0 spiro atoms. The van der Waals surface area contributed by atoms with Gasteiger partial charge in [0.15, 0.2) is 23.1 Å². The molecule has 0 saturated heterocycles. The van der Waals surface area contributed by atoms with Crippen LogP contribution in [0.1, 0.15) is 0 Å². The van der Waals surface area contributed by atoms with E-state index in [4.69, 9.17) is 23.8 Å². The van der Waals surface area contributed by atoms with Gasteiger partial charge in [-0.25, -0.2) is 15.0 Å². The molecule has 0 aliphatic rings. The Kier molecular flexibility index (Phi) is 5.77. The number of nitrogens with zero attached hydrogens (tertiary/aromatic N) is 4. The van der Waals surface area contributed by atoms with Gasteiger partial charge in [-0.3, -0.25) is 4.98 Å². The standard InChI is InChI=1S/C42H24N4O2/c1-2-9-25(10-3-1)29-22-33(39-31-19-20-43-24-37(31)48-36(39)23-29)42-45-40(28-18-17-26-11-4-5-12-27(26)21-28)44-41(46-42)32-14-8-16-35-38(32)30-13-6-7-15-34(30)47-35/h1-24H. The lowest BCUT2D eigenvalue weighted by molar-refractivity contribution is 0.667. The first-order chi connectivity index (χ1) is 23.8. The van der Waals surface area contributed by atoms with Crippen molar-refractivity contribution in [2.45, 2.75) is 0 Å². The van der Waals surface area contributed by atoms with Crippen LogP contribution in [0, 0.1) is 0 Å². The fraction of sp³-hybridized carbons (Fsp3) is 0. The van der Waals surface area contributed by atoms with Gasteiger partial charge in [0, 0.05) is 44.4 Å². The third-order valence-corrected chi connectivity index (χ3v) is 9.01. The Labute approximate surface area is 274 Å². The fourth-order valence-electron chi connectivity index (χ4n) is 6.77. The van der Waals surface area contributed by atoms with Crippen LogP contribution in [-0.2, 0) is 0 Å². The molecule has 48 heavy (non-hydrogen) atoms. The van der Waals surface area contributed by atoms with Crippen molar-refractivity contribution in [3.8, 4) is 45.3 Å². The molecule has 10 aromatic rings. The van der Waals surface area contributed by atoms with Crippen LogP contribution in [0.15, 0.2) is 155 Å². The smallest absolute Gasteiger partial charge is 0.164 e. The van der Waals surface area contributed by atoms with E-state index in [1.54, 1.807) is 12.4 Å². The summed E-state index contributed by atoms with van der Waals surface area (Å²) in [6.07, 6.45) is 3.54.